The Kier molecular flexibility index (Phi) is 6.15. The molecule has 0 spiro atoms. The Balaban J connectivity index is 3.30. The van der Waals surface area contributed by atoms with Crippen molar-refractivity contribution in [1.82, 2.24) is 5.32 Å². The Morgan fingerprint density at radius 3 is 2.60 bits per heavy atom. The van der Waals surface area contributed by atoms with Crippen molar-refractivity contribution in [2.24, 2.45) is 0 Å². The zero-order valence-corrected chi connectivity index (χ0v) is 11.9. The van der Waals surface area contributed by atoms with Crippen LogP contribution in [0.4, 0.5) is 0 Å². The number of allylic oxidation sites excluding steroid dienone is 1. The van der Waals surface area contributed by atoms with E-state index < -0.39 is 25.8 Å². The summed E-state index contributed by atoms with van der Waals surface area (Å²) in [7, 11) is -1.03. The highest BCUT2D eigenvalue weighted by atomic mass is 31.1. The van der Waals surface area contributed by atoms with Crippen molar-refractivity contribution in [2.75, 3.05) is 13.4 Å². The quantitative estimate of drug-likeness (QED) is 0.541. The summed E-state index contributed by atoms with van der Waals surface area (Å²) in [6, 6.07) is 6.47. The Morgan fingerprint density at radius 1 is 1.40 bits per heavy atom. The lowest BCUT2D eigenvalue weighted by Gasteiger charge is -2.15. The largest absolute Gasteiger partial charge is 0.478 e. The van der Waals surface area contributed by atoms with Crippen LogP contribution in [-0.4, -0.2) is 35.5 Å². The highest BCUT2D eigenvalue weighted by Gasteiger charge is 2.21. The van der Waals surface area contributed by atoms with Crippen LogP contribution in [0, 0.1) is 0 Å². The van der Waals surface area contributed by atoms with Gasteiger partial charge in [0, 0.05) is 18.7 Å². The number of benzene rings is 1. The molecule has 0 bridgehead atoms. The van der Waals surface area contributed by atoms with Crippen LogP contribution in [0.1, 0.15) is 21.6 Å². The molecule has 20 heavy (non-hydrogen) atoms. The molecule has 0 aliphatic carbocycles. The Bertz CT molecular complexity index is 555. The number of carbonyl (C=O) groups is 2. The van der Waals surface area contributed by atoms with Gasteiger partial charge in [-0.1, -0.05) is 24.3 Å². The lowest BCUT2D eigenvalue weighted by molar-refractivity contribution is -0.131. The Hall–Kier alpha value is -1.91. The van der Waals surface area contributed by atoms with Crippen molar-refractivity contribution in [3.05, 3.63) is 47.5 Å². The van der Waals surface area contributed by atoms with Crippen LogP contribution < -0.4 is 5.32 Å². The van der Waals surface area contributed by atoms with Crippen LogP contribution in [0.2, 0.25) is 0 Å². The molecule has 0 saturated carbocycles. The van der Waals surface area contributed by atoms with Gasteiger partial charge >= 0.3 is 5.97 Å². The molecule has 0 saturated heterocycles. The number of carboxylic acid groups (broad SMARTS) is 1. The normalized spacial score (nSPS) is 13.9. The average Bonchev–Trinajstić information content (AvgIpc) is 2.46. The number of hydrogen-bond acceptors (Lipinski definition) is 4. The first-order valence-corrected chi connectivity index (χ1v) is 7.56. The minimum atomic E-state index is -2.50. The number of hydrogen-bond donors (Lipinski definition) is 3. The predicted octanol–water partition coefficient (Wildman–Crippen LogP) is 1.24. The molecular weight excluding hydrogens is 281 g/mol. The molecule has 108 valence electrons. The highest BCUT2D eigenvalue weighted by Crippen LogP contribution is 2.42. The molecule has 0 fully saturated rings. The molecule has 1 amide bonds. The van der Waals surface area contributed by atoms with Crippen molar-refractivity contribution < 1.29 is 24.4 Å². The van der Waals surface area contributed by atoms with Crippen LogP contribution in [-0.2, 0) is 9.36 Å². The van der Waals surface area contributed by atoms with Gasteiger partial charge in [-0.15, -0.1) is 0 Å². The van der Waals surface area contributed by atoms with Gasteiger partial charge in [0.25, 0.3) is 5.91 Å². The number of carboxylic acids is 1. The summed E-state index contributed by atoms with van der Waals surface area (Å²) in [5.74, 6) is -1.54. The van der Waals surface area contributed by atoms with E-state index in [1.54, 1.807) is 24.3 Å². The van der Waals surface area contributed by atoms with Crippen molar-refractivity contribution in [2.45, 2.75) is 5.66 Å². The van der Waals surface area contributed by atoms with Gasteiger partial charge in [-0.05, 0) is 11.6 Å². The van der Waals surface area contributed by atoms with E-state index in [2.05, 4.69) is 5.32 Å². The zero-order chi connectivity index (χ0) is 15.1. The molecular formula is C13H16NO5P. The number of rotatable bonds is 6. The van der Waals surface area contributed by atoms with E-state index in [9.17, 15) is 14.2 Å². The first kappa shape index (κ1) is 16.1. The maximum Gasteiger partial charge on any atom is 0.328 e. The molecule has 0 aromatic heterocycles. The molecule has 3 N–H and O–H groups in total. The summed E-state index contributed by atoms with van der Waals surface area (Å²) < 4.78 is 11.9. The molecule has 7 heteroatoms. The topological polar surface area (TPSA) is 104 Å². The van der Waals surface area contributed by atoms with Gasteiger partial charge in [0.1, 0.15) is 7.80 Å². The maximum atomic E-state index is 11.9. The van der Waals surface area contributed by atoms with Crippen molar-refractivity contribution >= 4 is 19.7 Å². The minimum Gasteiger partial charge on any atom is -0.478 e. The summed E-state index contributed by atoms with van der Waals surface area (Å²) in [5.41, 5.74) is -0.0567. The highest BCUT2D eigenvalue weighted by molar-refractivity contribution is 7.45. The zero-order valence-electron chi connectivity index (χ0n) is 10.9. The number of carbonyl (C=O) groups excluding carboxylic acids is 1. The summed E-state index contributed by atoms with van der Waals surface area (Å²) in [6.07, 6.45) is 1.55. The van der Waals surface area contributed by atoms with Crippen LogP contribution in [0.5, 0.6) is 0 Å². The van der Waals surface area contributed by atoms with Gasteiger partial charge in [-0.25, -0.2) is 4.79 Å². The summed E-state index contributed by atoms with van der Waals surface area (Å²) in [5, 5.41) is 20.2. The molecule has 1 rings (SSSR count). The molecule has 0 radical (unpaired) electrons. The first-order chi connectivity index (χ1) is 9.51. The van der Waals surface area contributed by atoms with Crippen molar-refractivity contribution in [3.8, 4) is 0 Å². The van der Waals surface area contributed by atoms with Crippen molar-refractivity contribution in [1.29, 1.82) is 0 Å². The van der Waals surface area contributed by atoms with Gasteiger partial charge in [0.05, 0.1) is 12.0 Å². The van der Waals surface area contributed by atoms with Crippen LogP contribution >= 0.6 is 7.80 Å². The second-order valence-corrected chi connectivity index (χ2v) is 5.84. The molecule has 2 unspecified atom stereocenters. The lowest BCUT2D eigenvalue weighted by Crippen LogP contribution is -2.20. The SMILES string of the molecule is CNC(=O)c1ccccc1C(C=CC(=O)O)[PH](=O)CO. The van der Waals surface area contributed by atoms with Gasteiger partial charge in [-0.2, -0.15) is 0 Å². The standard InChI is InChI=1S/C13H16NO5P/c1-14-13(18)10-5-3-2-4-9(10)11(20(19)8-15)6-7-12(16)17/h2-7,11,15,20H,8H2,1H3,(H,14,18)(H,16,17). The average molecular weight is 297 g/mol. The molecule has 0 heterocycles. The van der Waals surface area contributed by atoms with E-state index in [0.29, 0.717) is 11.1 Å². The van der Waals surface area contributed by atoms with E-state index in [-0.39, 0.29) is 5.91 Å². The minimum absolute atomic E-state index is 0.307. The monoisotopic (exact) mass is 297 g/mol. The Morgan fingerprint density at radius 2 is 2.05 bits per heavy atom. The molecule has 6 nitrogen and oxygen atoms in total. The second-order valence-electron chi connectivity index (χ2n) is 3.97. The van der Waals surface area contributed by atoms with E-state index in [1.807, 2.05) is 0 Å². The fourth-order valence-corrected chi connectivity index (χ4v) is 2.88. The lowest BCUT2D eigenvalue weighted by atomic mass is 10.0. The molecule has 0 aliphatic heterocycles. The fraction of sp³-hybridized carbons (Fsp3) is 0.231. The number of nitrogens with one attached hydrogen (secondary N) is 1. The summed E-state index contributed by atoms with van der Waals surface area (Å²) in [6.45, 7) is 0. The molecule has 0 aliphatic rings. The van der Waals surface area contributed by atoms with Crippen LogP contribution in [0.3, 0.4) is 0 Å². The Labute approximate surface area is 116 Å². The summed E-state index contributed by atoms with van der Waals surface area (Å²) in [4.78, 5) is 22.4. The smallest absolute Gasteiger partial charge is 0.328 e. The van der Waals surface area contributed by atoms with Gasteiger partial charge in [-0.3, -0.25) is 4.79 Å². The van der Waals surface area contributed by atoms with Crippen LogP contribution in [0.25, 0.3) is 0 Å². The molecule has 1 aromatic carbocycles. The fourth-order valence-electron chi connectivity index (χ4n) is 1.77. The third-order valence-electron chi connectivity index (χ3n) is 2.70. The predicted molar refractivity (Wildman–Crippen MR) is 75.4 cm³/mol. The third kappa shape index (κ3) is 4.05. The van der Waals surface area contributed by atoms with Gasteiger partial charge in [0.15, 0.2) is 0 Å². The number of aliphatic hydroxyl groups is 1. The maximum absolute atomic E-state index is 11.9. The van der Waals surface area contributed by atoms with E-state index in [0.717, 1.165) is 6.08 Å². The third-order valence-corrected chi connectivity index (χ3v) is 4.21. The van der Waals surface area contributed by atoms with Crippen molar-refractivity contribution in [3.63, 3.8) is 0 Å². The van der Waals surface area contributed by atoms with E-state index in [1.165, 1.54) is 13.1 Å². The molecule has 2 atom stereocenters. The molecule has 1 aromatic rings. The van der Waals surface area contributed by atoms with Crippen LogP contribution in [0.15, 0.2) is 36.4 Å². The first-order valence-electron chi connectivity index (χ1n) is 5.87. The van der Waals surface area contributed by atoms with Gasteiger partial charge in [0.2, 0.25) is 0 Å². The number of aliphatic carboxylic acids is 1. The second kappa shape index (κ2) is 7.62. The van der Waals surface area contributed by atoms with E-state index in [4.69, 9.17) is 10.2 Å². The van der Waals surface area contributed by atoms with Gasteiger partial charge < -0.3 is 20.1 Å². The number of amides is 1. The number of aliphatic hydroxyl groups excluding tert-OH is 1. The summed E-state index contributed by atoms with van der Waals surface area (Å²) >= 11 is 0. The van der Waals surface area contributed by atoms with E-state index >= 15 is 0 Å².